The molecule has 1 aromatic heterocycles. The van der Waals surface area contributed by atoms with Crippen molar-refractivity contribution < 1.29 is 38.4 Å². The Hall–Kier alpha value is -5.16. The van der Waals surface area contributed by atoms with Crippen molar-refractivity contribution in [1.82, 2.24) is 4.98 Å². The number of ether oxygens (including phenoxy) is 4. The van der Waals surface area contributed by atoms with Gasteiger partial charge >= 0.3 is 11.9 Å². The molecule has 1 unspecified atom stereocenters. The number of rotatable bonds is 7. The summed E-state index contributed by atoms with van der Waals surface area (Å²) >= 11 is 0.929. The van der Waals surface area contributed by atoms with Gasteiger partial charge in [0.2, 0.25) is 0 Å². The Labute approximate surface area is 250 Å². The highest BCUT2D eigenvalue weighted by Gasteiger charge is 2.48. The zero-order chi connectivity index (χ0) is 30.1. The molecule has 6 rings (SSSR count). The van der Waals surface area contributed by atoms with Gasteiger partial charge in [-0.25, -0.2) is 9.78 Å². The number of esters is 1. The van der Waals surface area contributed by atoms with Crippen molar-refractivity contribution in [2.24, 2.45) is 0 Å². The van der Waals surface area contributed by atoms with Crippen LogP contribution in [0.25, 0.3) is 5.76 Å². The lowest BCUT2D eigenvalue weighted by Crippen LogP contribution is -2.29. The van der Waals surface area contributed by atoms with Crippen molar-refractivity contribution in [2.75, 3.05) is 25.2 Å². The summed E-state index contributed by atoms with van der Waals surface area (Å²) in [6.45, 7) is 2.65. The molecule has 3 heterocycles. The van der Waals surface area contributed by atoms with Crippen molar-refractivity contribution in [3.8, 4) is 17.2 Å². The third-order valence-corrected chi connectivity index (χ3v) is 8.18. The molecule has 3 aromatic carbocycles. The van der Waals surface area contributed by atoms with Gasteiger partial charge in [0.1, 0.15) is 36.2 Å². The normalized spacial score (nSPS) is 17.2. The highest BCUT2D eigenvalue weighted by atomic mass is 32.1. The molecule has 43 heavy (non-hydrogen) atoms. The van der Waals surface area contributed by atoms with E-state index < -0.39 is 23.7 Å². The Morgan fingerprint density at radius 3 is 2.56 bits per heavy atom. The average Bonchev–Trinajstić information content (AvgIpc) is 3.55. The molecule has 1 saturated heterocycles. The molecule has 1 amide bonds. The van der Waals surface area contributed by atoms with Crippen molar-refractivity contribution in [3.05, 3.63) is 106 Å². The number of aliphatic hydroxyl groups excluding tert-OH is 1. The lowest BCUT2D eigenvalue weighted by atomic mass is 9.95. The van der Waals surface area contributed by atoms with Gasteiger partial charge in [0.15, 0.2) is 16.6 Å². The summed E-state index contributed by atoms with van der Waals surface area (Å²) in [5.74, 6) is -1.38. The monoisotopic (exact) mass is 598 g/mol. The number of thiazole rings is 1. The number of nitrogens with zero attached hydrogens (tertiary/aromatic N) is 2. The Kier molecular flexibility index (Phi) is 7.56. The summed E-state index contributed by atoms with van der Waals surface area (Å²) in [5, 5.41) is 11.7. The average molecular weight is 599 g/mol. The second-order valence-electron chi connectivity index (χ2n) is 9.78. The van der Waals surface area contributed by atoms with Crippen LogP contribution in [0.1, 0.15) is 38.1 Å². The number of hydrogen-bond acceptors (Lipinski definition) is 10. The predicted octanol–water partition coefficient (Wildman–Crippen LogP) is 5.21. The predicted molar refractivity (Wildman–Crippen MR) is 158 cm³/mol. The Morgan fingerprint density at radius 1 is 1.02 bits per heavy atom. The smallest absolute Gasteiger partial charge is 0.350 e. The second-order valence-corrected chi connectivity index (χ2v) is 10.8. The van der Waals surface area contributed by atoms with E-state index >= 15 is 0 Å². The van der Waals surface area contributed by atoms with Gasteiger partial charge in [-0.1, -0.05) is 53.8 Å². The fraction of sp³-hybridized carbons (Fsp3) is 0.188. The van der Waals surface area contributed by atoms with Gasteiger partial charge < -0.3 is 24.1 Å². The first-order valence-electron chi connectivity index (χ1n) is 13.4. The van der Waals surface area contributed by atoms with Gasteiger partial charge in [-0.3, -0.25) is 14.5 Å². The van der Waals surface area contributed by atoms with E-state index in [9.17, 15) is 19.5 Å². The molecule has 2 aliphatic rings. The lowest BCUT2D eigenvalue weighted by molar-refractivity contribution is -0.132. The summed E-state index contributed by atoms with van der Waals surface area (Å²) in [7, 11) is 1.25. The van der Waals surface area contributed by atoms with Crippen molar-refractivity contribution in [3.63, 3.8) is 0 Å². The van der Waals surface area contributed by atoms with Gasteiger partial charge in [0.25, 0.3) is 5.78 Å². The first-order chi connectivity index (χ1) is 20.9. The summed E-state index contributed by atoms with van der Waals surface area (Å²) < 4.78 is 22.1. The quantitative estimate of drug-likeness (QED) is 0.132. The number of fused-ring (bicyclic) bond motifs is 1. The van der Waals surface area contributed by atoms with Crippen LogP contribution in [0.2, 0.25) is 0 Å². The number of anilines is 1. The van der Waals surface area contributed by atoms with Crippen LogP contribution in [0.5, 0.6) is 17.2 Å². The van der Waals surface area contributed by atoms with Gasteiger partial charge in [-0.05, 0) is 48.4 Å². The van der Waals surface area contributed by atoms with Crippen molar-refractivity contribution >= 4 is 39.9 Å². The zero-order valence-electron chi connectivity index (χ0n) is 23.2. The number of Topliss-reactive ketones (excluding diaryl/α,β-unsaturated/α-hetero) is 1. The number of methoxy groups -OCH3 is 1. The van der Waals surface area contributed by atoms with Gasteiger partial charge in [-0.2, -0.15) is 0 Å². The zero-order valence-corrected chi connectivity index (χ0v) is 24.1. The third kappa shape index (κ3) is 5.30. The maximum Gasteiger partial charge on any atom is 0.350 e. The Balaban J connectivity index is 1.46. The number of aliphatic hydroxyl groups is 1. The molecule has 0 spiro atoms. The fourth-order valence-electron chi connectivity index (χ4n) is 4.97. The van der Waals surface area contributed by atoms with Crippen LogP contribution < -0.4 is 19.1 Å². The maximum absolute atomic E-state index is 13.6. The summed E-state index contributed by atoms with van der Waals surface area (Å²) in [4.78, 5) is 45.5. The van der Waals surface area contributed by atoms with Crippen molar-refractivity contribution in [2.45, 2.75) is 19.6 Å². The summed E-state index contributed by atoms with van der Waals surface area (Å²) in [6.07, 6.45) is 0. The molecule has 4 aromatic rings. The molecule has 0 saturated carbocycles. The fourth-order valence-corrected chi connectivity index (χ4v) is 5.99. The van der Waals surface area contributed by atoms with E-state index in [1.807, 2.05) is 30.3 Å². The SMILES string of the molecule is COC(=O)c1sc(N2C(=O)C(=O)/C(=C(\O)c3ccc4c(c3)OCCO4)C2c2cccc(OCc3ccccc3)c2)nc1C. The minimum absolute atomic E-state index is 0.113. The number of ketones is 1. The van der Waals surface area contributed by atoms with Crippen LogP contribution in [0.4, 0.5) is 5.13 Å². The maximum atomic E-state index is 13.6. The van der Waals surface area contributed by atoms with Crippen LogP contribution in [-0.4, -0.2) is 48.1 Å². The van der Waals surface area contributed by atoms with Gasteiger partial charge in [-0.15, -0.1) is 0 Å². The van der Waals surface area contributed by atoms with E-state index in [1.165, 1.54) is 12.0 Å². The van der Waals surface area contributed by atoms with E-state index in [1.54, 1.807) is 49.4 Å². The second kappa shape index (κ2) is 11.6. The van der Waals surface area contributed by atoms with Crippen LogP contribution in [0.15, 0.2) is 78.4 Å². The van der Waals surface area contributed by atoms with Crippen LogP contribution in [0.3, 0.4) is 0 Å². The number of aryl methyl sites for hydroxylation is 1. The molecule has 0 radical (unpaired) electrons. The highest BCUT2D eigenvalue weighted by molar-refractivity contribution is 7.17. The molecule has 1 N–H and O–H groups in total. The first kappa shape index (κ1) is 28.0. The number of hydrogen-bond donors (Lipinski definition) is 1. The number of benzene rings is 3. The van der Waals surface area contributed by atoms with E-state index in [0.717, 1.165) is 16.9 Å². The topological polar surface area (TPSA) is 124 Å². The minimum Gasteiger partial charge on any atom is -0.507 e. The van der Waals surface area contributed by atoms with Crippen LogP contribution >= 0.6 is 11.3 Å². The molecule has 218 valence electrons. The molecular weight excluding hydrogens is 572 g/mol. The number of carbonyl (C=O) groups is 3. The summed E-state index contributed by atoms with van der Waals surface area (Å²) in [5.41, 5.74) is 1.94. The van der Waals surface area contributed by atoms with E-state index in [2.05, 4.69) is 4.98 Å². The molecule has 10 nitrogen and oxygen atoms in total. The van der Waals surface area contributed by atoms with Crippen LogP contribution in [0, 0.1) is 6.92 Å². The summed E-state index contributed by atoms with van der Waals surface area (Å²) in [6, 6.07) is 20.3. The van der Waals surface area contributed by atoms with Crippen molar-refractivity contribution in [1.29, 1.82) is 0 Å². The molecular formula is C32H26N2O8S. The first-order valence-corrected chi connectivity index (χ1v) is 14.2. The molecule has 0 aliphatic carbocycles. The lowest BCUT2D eigenvalue weighted by Gasteiger charge is -2.24. The van der Waals surface area contributed by atoms with E-state index in [0.29, 0.717) is 48.3 Å². The molecule has 2 aliphatic heterocycles. The molecule has 1 fully saturated rings. The molecule has 1 atom stereocenters. The minimum atomic E-state index is -1.08. The number of aromatic nitrogens is 1. The number of carbonyl (C=O) groups excluding carboxylic acids is 3. The van der Waals surface area contributed by atoms with Crippen LogP contribution in [-0.2, 0) is 20.9 Å². The third-order valence-electron chi connectivity index (χ3n) is 7.04. The Bertz CT molecular complexity index is 1760. The molecule has 11 heteroatoms. The van der Waals surface area contributed by atoms with Gasteiger partial charge in [0.05, 0.1) is 24.4 Å². The van der Waals surface area contributed by atoms with Gasteiger partial charge in [0, 0.05) is 5.56 Å². The van der Waals surface area contributed by atoms with E-state index in [4.69, 9.17) is 18.9 Å². The molecule has 0 bridgehead atoms. The van der Waals surface area contributed by atoms with E-state index in [-0.39, 0.29) is 26.9 Å². The number of amides is 1. The highest BCUT2D eigenvalue weighted by Crippen LogP contribution is 2.45. The Morgan fingerprint density at radius 2 is 1.79 bits per heavy atom. The largest absolute Gasteiger partial charge is 0.507 e. The standard InChI is InChI=1S/C32H26N2O8S/c1-18-29(31(38)39-2)43-32(33-18)34-26(20-9-6-10-22(15-20)42-17-19-7-4-3-5-8-19)25(28(36)30(34)37)27(35)21-11-12-23-24(16-21)41-14-13-40-23/h3-12,15-16,26,35H,13-14,17H2,1-2H3/b27-25-.